The van der Waals surface area contributed by atoms with E-state index in [0.717, 1.165) is 38.9 Å². The van der Waals surface area contributed by atoms with Crippen molar-refractivity contribution in [2.75, 3.05) is 7.11 Å². The Labute approximate surface area is 123 Å². The molecule has 1 aromatic rings. The van der Waals surface area contributed by atoms with Gasteiger partial charge >= 0.3 is 12.1 Å². The van der Waals surface area contributed by atoms with E-state index in [1.807, 2.05) is 13.8 Å². The van der Waals surface area contributed by atoms with Crippen LogP contribution in [0.25, 0.3) is 0 Å². The highest BCUT2D eigenvalue weighted by atomic mass is 19.4. The van der Waals surface area contributed by atoms with Crippen LogP contribution in [0.15, 0.2) is 18.2 Å². The molecule has 0 radical (unpaired) electrons. The fraction of sp³-hybridized carbons (Fsp3) is 0.562. The first-order valence-corrected chi connectivity index (χ1v) is 7.23. The van der Waals surface area contributed by atoms with E-state index < -0.39 is 17.7 Å². The molecular weight excluding hydrogens is 281 g/mol. The van der Waals surface area contributed by atoms with Crippen LogP contribution in [0.1, 0.15) is 66.9 Å². The van der Waals surface area contributed by atoms with E-state index in [-0.39, 0.29) is 11.5 Å². The van der Waals surface area contributed by atoms with E-state index in [1.165, 1.54) is 12.1 Å². The third kappa shape index (κ3) is 4.22. The first-order chi connectivity index (χ1) is 9.93. The minimum Gasteiger partial charge on any atom is -0.465 e. The van der Waals surface area contributed by atoms with Gasteiger partial charge in [0.05, 0.1) is 18.2 Å². The van der Waals surface area contributed by atoms with Crippen molar-refractivity contribution in [3.8, 4) is 0 Å². The van der Waals surface area contributed by atoms with Gasteiger partial charge in [-0.25, -0.2) is 4.79 Å². The van der Waals surface area contributed by atoms with E-state index in [2.05, 4.69) is 4.74 Å². The molecule has 0 atom stereocenters. The second-order valence-corrected chi connectivity index (χ2v) is 4.77. The topological polar surface area (TPSA) is 26.3 Å². The Kier molecular flexibility index (Phi) is 6.24. The number of hydrogen-bond acceptors (Lipinski definition) is 2. The molecule has 2 rings (SSSR count). The minimum absolute atomic E-state index is 0.0525. The van der Waals surface area contributed by atoms with Crippen molar-refractivity contribution in [3.05, 3.63) is 34.9 Å². The SMILES string of the molecule is CC.COC(=O)c1ccc(C2CCCC2)c(C(F)(F)F)c1. The predicted octanol–water partition coefficient (Wildman–Crippen LogP) is 5.18. The third-order valence-corrected chi connectivity index (χ3v) is 3.57. The normalized spacial score (nSPS) is 15.3. The van der Waals surface area contributed by atoms with Crippen molar-refractivity contribution < 1.29 is 22.7 Å². The van der Waals surface area contributed by atoms with Gasteiger partial charge in [-0.1, -0.05) is 32.8 Å². The highest BCUT2D eigenvalue weighted by Crippen LogP contribution is 2.41. The van der Waals surface area contributed by atoms with Gasteiger partial charge in [0.2, 0.25) is 0 Å². The van der Waals surface area contributed by atoms with Gasteiger partial charge in [-0.2, -0.15) is 13.2 Å². The average Bonchev–Trinajstić information content (AvgIpc) is 3.01. The molecule has 0 amide bonds. The van der Waals surface area contributed by atoms with Crippen LogP contribution in [-0.2, 0) is 10.9 Å². The lowest BCUT2D eigenvalue weighted by Gasteiger charge is -2.18. The quantitative estimate of drug-likeness (QED) is 0.704. The Morgan fingerprint density at radius 3 is 2.24 bits per heavy atom. The smallest absolute Gasteiger partial charge is 0.416 e. The largest absolute Gasteiger partial charge is 0.465 e. The molecule has 1 fully saturated rings. The Bertz CT molecular complexity index is 475. The van der Waals surface area contributed by atoms with Gasteiger partial charge in [0.15, 0.2) is 0 Å². The summed E-state index contributed by atoms with van der Waals surface area (Å²) < 4.78 is 43.8. The molecule has 2 nitrogen and oxygen atoms in total. The standard InChI is InChI=1S/C14H15F3O2.C2H6/c1-19-13(18)10-6-7-11(9-4-2-3-5-9)12(8-10)14(15,16)17;1-2/h6-9H,2-5H2,1H3;1-2H3. The second kappa shape index (κ2) is 7.48. The summed E-state index contributed by atoms with van der Waals surface area (Å²) in [5, 5.41) is 0. The van der Waals surface area contributed by atoms with Crippen LogP contribution in [0.5, 0.6) is 0 Å². The first-order valence-electron chi connectivity index (χ1n) is 7.23. The van der Waals surface area contributed by atoms with Crippen LogP contribution in [-0.4, -0.2) is 13.1 Å². The second-order valence-electron chi connectivity index (χ2n) is 4.77. The summed E-state index contributed by atoms with van der Waals surface area (Å²) in [6, 6.07) is 3.74. The predicted molar refractivity (Wildman–Crippen MR) is 75.3 cm³/mol. The molecule has 0 aliphatic heterocycles. The molecule has 1 aliphatic carbocycles. The molecule has 0 bridgehead atoms. The number of esters is 1. The Balaban J connectivity index is 0.00000106. The van der Waals surface area contributed by atoms with E-state index in [1.54, 1.807) is 0 Å². The van der Waals surface area contributed by atoms with Gasteiger partial charge in [0.25, 0.3) is 0 Å². The Morgan fingerprint density at radius 2 is 1.76 bits per heavy atom. The van der Waals surface area contributed by atoms with Gasteiger partial charge in [-0.15, -0.1) is 0 Å². The molecule has 0 N–H and O–H groups in total. The first kappa shape index (κ1) is 17.5. The third-order valence-electron chi connectivity index (χ3n) is 3.57. The maximum Gasteiger partial charge on any atom is 0.416 e. The zero-order valence-electron chi connectivity index (χ0n) is 12.6. The van der Waals surface area contributed by atoms with E-state index in [0.29, 0.717) is 5.56 Å². The van der Waals surface area contributed by atoms with Crippen molar-refractivity contribution in [3.63, 3.8) is 0 Å². The highest BCUT2D eigenvalue weighted by Gasteiger charge is 2.36. The van der Waals surface area contributed by atoms with Crippen molar-refractivity contribution in [2.45, 2.75) is 51.6 Å². The molecule has 1 saturated carbocycles. The lowest BCUT2D eigenvalue weighted by Crippen LogP contribution is -2.13. The molecular formula is C16H21F3O2. The van der Waals surface area contributed by atoms with Gasteiger partial charge < -0.3 is 4.74 Å². The van der Waals surface area contributed by atoms with Crippen molar-refractivity contribution >= 4 is 5.97 Å². The summed E-state index contributed by atoms with van der Waals surface area (Å²) >= 11 is 0. The molecule has 0 heterocycles. The van der Waals surface area contributed by atoms with E-state index in [4.69, 9.17) is 0 Å². The zero-order chi connectivity index (χ0) is 16.0. The van der Waals surface area contributed by atoms with Crippen LogP contribution < -0.4 is 0 Å². The molecule has 5 heteroatoms. The molecule has 0 saturated heterocycles. The summed E-state index contributed by atoms with van der Waals surface area (Å²) in [6.07, 6.45) is -0.968. The Morgan fingerprint density at radius 1 is 1.19 bits per heavy atom. The average molecular weight is 302 g/mol. The number of rotatable bonds is 2. The molecule has 1 aromatic carbocycles. The van der Waals surface area contributed by atoms with Gasteiger partial charge in [-0.05, 0) is 36.5 Å². The zero-order valence-corrected chi connectivity index (χ0v) is 12.6. The number of carbonyl (C=O) groups is 1. The van der Waals surface area contributed by atoms with Crippen LogP contribution in [0.4, 0.5) is 13.2 Å². The maximum absolute atomic E-state index is 13.1. The number of alkyl halides is 3. The summed E-state index contributed by atoms with van der Waals surface area (Å²) in [5.41, 5.74) is -0.462. The van der Waals surface area contributed by atoms with Crippen LogP contribution in [0.3, 0.4) is 0 Å². The van der Waals surface area contributed by atoms with E-state index in [9.17, 15) is 18.0 Å². The number of carbonyl (C=O) groups excluding carboxylic acids is 1. The minimum atomic E-state index is -4.44. The van der Waals surface area contributed by atoms with Crippen LogP contribution in [0, 0.1) is 0 Å². The Hall–Kier alpha value is -1.52. The van der Waals surface area contributed by atoms with Crippen molar-refractivity contribution in [1.82, 2.24) is 0 Å². The van der Waals surface area contributed by atoms with Gasteiger partial charge in [0.1, 0.15) is 0 Å². The molecule has 1 aliphatic rings. The lowest BCUT2D eigenvalue weighted by molar-refractivity contribution is -0.138. The molecule has 118 valence electrons. The fourth-order valence-corrected chi connectivity index (χ4v) is 2.64. The number of hydrogen-bond donors (Lipinski definition) is 0. The molecule has 0 unspecified atom stereocenters. The highest BCUT2D eigenvalue weighted by molar-refractivity contribution is 5.89. The number of methoxy groups -OCH3 is 1. The molecule has 21 heavy (non-hydrogen) atoms. The summed E-state index contributed by atoms with van der Waals surface area (Å²) in [4.78, 5) is 11.3. The molecule has 0 spiro atoms. The maximum atomic E-state index is 13.1. The van der Waals surface area contributed by atoms with Gasteiger partial charge in [-0.3, -0.25) is 0 Å². The number of ether oxygens (including phenoxy) is 1. The van der Waals surface area contributed by atoms with Crippen LogP contribution >= 0.6 is 0 Å². The lowest BCUT2D eigenvalue weighted by atomic mass is 9.91. The van der Waals surface area contributed by atoms with Crippen molar-refractivity contribution in [1.29, 1.82) is 0 Å². The monoisotopic (exact) mass is 302 g/mol. The number of halogens is 3. The number of benzene rings is 1. The van der Waals surface area contributed by atoms with Crippen LogP contribution in [0.2, 0.25) is 0 Å². The summed E-state index contributed by atoms with van der Waals surface area (Å²) in [5.74, 6) is -0.799. The summed E-state index contributed by atoms with van der Waals surface area (Å²) in [7, 11) is 1.15. The van der Waals surface area contributed by atoms with Gasteiger partial charge in [0, 0.05) is 0 Å². The van der Waals surface area contributed by atoms with E-state index >= 15 is 0 Å². The molecule has 0 aromatic heterocycles. The fourth-order valence-electron chi connectivity index (χ4n) is 2.64. The summed E-state index contributed by atoms with van der Waals surface area (Å²) in [6.45, 7) is 4.00. The van der Waals surface area contributed by atoms with Crippen molar-refractivity contribution in [2.24, 2.45) is 0 Å².